The van der Waals surface area contributed by atoms with Crippen LogP contribution in [0.15, 0.2) is 60.8 Å². The molecule has 0 saturated carbocycles. The number of primary amides is 1. The van der Waals surface area contributed by atoms with Gasteiger partial charge in [-0.25, -0.2) is 0 Å². The molecule has 4 nitrogen and oxygen atoms in total. The summed E-state index contributed by atoms with van der Waals surface area (Å²) in [6, 6.07) is 16.5. The Balaban J connectivity index is 2.13. The molecule has 0 aliphatic rings. The summed E-state index contributed by atoms with van der Waals surface area (Å²) >= 11 is 18.5. The topological polar surface area (TPSA) is 71.9 Å². The van der Waals surface area contributed by atoms with E-state index in [1.165, 1.54) is 6.07 Å². The van der Waals surface area contributed by atoms with Crippen molar-refractivity contribution in [2.45, 2.75) is 12.5 Å². The lowest BCUT2D eigenvalue weighted by Crippen LogP contribution is -2.31. The number of nitrogens with one attached hydrogen (secondary N) is 1. The van der Waals surface area contributed by atoms with Crippen molar-refractivity contribution < 1.29 is 4.79 Å². The Morgan fingerprint density at radius 2 is 1.59 bits per heavy atom. The van der Waals surface area contributed by atoms with Crippen LogP contribution in [0.25, 0.3) is 0 Å². The minimum atomic E-state index is -0.696. The molecule has 1 aromatic heterocycles. The van der Waals surface area contributed by atoms with Crippen molar-refractivity contribution in [2.24, 2.45) is 5.73 Å². The summed E-state index contributed by atoms with van der Waals surface area (Å²) in [5.74, 6) is -0.853. The Hall–Kier alpha value is -2.27. The largest absolute Gasteiger partial charge is 0.365 e. The van der Waals surface area contributed by atoms with Crippen LogP contribution in [0.5, 0.6) is 0 Å². The van der Waals surface area contributed by atoms with Gasteiger partial charge in [-0.05, 0) is 35.4 Å². The minimum absolute atomic E-state index is 0.000885. The minimum Gasteiger partial charge on any atom is -0.365 e. The number of hydrogen-bond donors (Lipinski definition) is 2. The van der Waals surface area contributed by atoms with Gasteiger partial charge in [-0.1, -0.05) is 65.1 Å². The summed E-state index contributed by atoms with van der Waals surface area (Å²) in [6.45, 7) is 0.361. The van der Waals surface area contributed by atoms with Crippen LogP contribution in [-0.2, 0) is 6.54 Å². The van der Waals surface area contributed by atoms with E-state index in [0.29, 0.717) is 21.6 Å². The van der Waals surface area contributed by atoms with Gasteiger partial charge in [0.05, 0.1) is 10.6 Å². The van der Waals surface area contributed by atoms with Crippen molar-refractivity contribution in [3.05, 3.63) is 98.0 Å². The van der Waals surface area contributed by atoms with Crippen LogP contribution in [0, 0.1) is 5.41 Å². The van der Waals surface area contributed by atoms with Gasteiger partial charge < -0.3 is 10.3 Å². The predicted octanol–water partition coefficient (Wildman–Crippen LogP) is 4.86. The molecular formula is C20H16Cl3N3O. The molecule has 0 aliphatic carbocycles. The number of carbonyl (C=O) groups is 1. The lowest BCUT2D eigenvalue weighted by Gasteiger charge is -2.21. The number of nitrogens with two attached hydrogens (primary N) is 1. The highest BCUT2D eigenvalue weighted by Gasteiger charge is 2.18. The standard InChI is InChI=1S/C20H16Cl3N3O/c21-14-6-13(7-15(22)8-14)18(12-4-2-1-3-5-12)11-26-10-16(23)9-17(19(26)24)20(25)27/h1-10,18,24H,11H2,(H2,25,27). The Bertz CT molecular complexity index is 1030. The van der Waals surface area contributed by atoms with Crippen molar-refractivity contribution in [3.63, 3.8) is 0 Å². The number of rotatable bonds is 5. The summed E-state index contributed by atoms with van der Waals surface area (Å²) in [7, 11) is 0. The SMILES string of the molecule is N=c1c(C(N)=O)cc(Cl)cn1CC(c1ccccc1)c1cc(Cl)cc(Cl)c1. The number of benzene rings is 2. The maximum atomic E-state index is 11.6. The second-order valence-corrected chi connectivity index (χ2v) is 7.41. The number of pyridine rings is 1. The lowest BCUT2D eigenvalue weighted by atomic mass is 9.91. The highest BCUT2D eigenvalue weighted by molar-refractivity contribution is 6.34. The van der Waals surface area contributed by atoms with Gasteiger partial charge in [0.25, 0.3) is 5.91 Å². The average Bonchev–Trinajstić information content (AvgIpc) is 2.61. The molecule has 27 heavy (non-hydrogen) atoms. The summed E-state index contributed by atoms with van der Waals surface area (Å²) in [5.41, 5.74) is 7.36. The first kappa shape index (κ1) is 19.5. The highest BCUT2D eigenvalue weighted by atomic mass is 35.5. The third-order valence-electron chi connectivity index (χ3n) is 4.24. The molecule has 1 amide bonds. The van der Waals surface area contributed by atoms with E-state index in [9.17, 15) is 4.79 Å². The Kier molecular flexibility index (Phi) is 5.90. The highest BCUT2D eigenvalue weighted by Crippen LogP contribution is 2.31. The van der Waals surface area contributed by atoms with Crippen LogP contribution in [0.4, 0.5) is 0 Å². The van der Waals surface area contributed by atoms with Crippen molar-refractivity contribution in [3.8, 4) is 0 Å². The fourth-order valence-electron chi connectivity index (χ4n) is 3.01. The normalized spacial score (nSPS) is 12.0. The van der Waals surface area contributed by atoms with E-state index in [0.717, 1.165) is 11.1 Å². The van der Waals surface area contributed by atoms with Gasteiger partial charge in [0.15, 0.2) is 0 Å². The zero-order chi connectivity index (χ0) is 19.6. The number of amides is 1. The van der Waals surface area contributed by atoms with E-state index in [1.807, 2.05) is 42.5 Å². The summed E-state index contributed by atoms with van der Waals surface area (Å²) in [5, 5.41) is 9.71. The van der Waals surface area contributed by atoms with Gasteiger partial charge in [-0.2, -0.15) is 0 Å². The Labute approximate surface area is 171 Å². The molecule has 0 aliphatic heterocycles. The molecule has 1 heterocycles. The van der Waals surface area contributed by atoms with Crippen LogP contribution in [-0.4, -0.2) is 10.5 Å². The fourth-order valence-corrected chi connectivity index (χ4v) is 3.77. The molecule has 1 unspecified atom stereocenters. The third-order valence-corrected chi connectivity index (χ3v) is 4.88. The number of hydrogen-bond acceptors (Lipinski definition) is 2. The molecular weight excluding hydrogens is 405 g/mol. The molecule has 0 saturated heterocycles. The van der Waals surface area contributed by atoms with E-state index in [1.54, 1.807) is 16.8 Å². The van der Waals surface area contributed by atoms with Crippen LogP contribution in [0.2, 0.25) is 15.1 Å². The van der Waals surface area contributed by atoms with Gasteiger partial charge in [0.2, 0.25) is 0 Å². The molecule has 3 rings (SSSR count). The van der Waals surface area contributed by atoms with Crippen LogP contribution in [0.3, 0.4) is 0 Å². The predicted molar refractivity (Wildman–Crippen MR) is 109 cm³/mol. The maximum Gasteiger partial charge on any atom is 0.252 e. The molecule has 0 spiro atoms. The van der Waals surface area contributed by atoms with Crippen molar-refractivity contribution in [1.29, 1.82) is 5.41 Å². The second kappa shape index (κ2) is 8.17. The van der Waals surface area contributed by atoms with Crippen LogP contribution >= 0.6 is 34.8 Å². The lowest BCUT2D eigenvalue weighted by molar-refractivity contribution is 0.0997. The molecule has 0 fully saturated rings. The van der Waals surface area contributed by atoms with Crippen LogP contribution in [0.1, 0.15) is 27.4 Å². The Morgan fingerprint density at radius 1 is 0.963 bits per heavy atom. The van der Waals surface area contributed by atoms with Gasteiger partial charge in [0, 0.05) is 28.7 Å². The summed E-state index contributed by atoms with van der Waals surface area (Å²) in [4.78, 5) is 11.6. The van der Waals surface area contributed by atoms with Crippen molar-refractivity contribution in [2.75, 3.05) is 0 Å². The zero-order valence-electron chi connectivity index (χ0n) is 14.1. The first-order valence-electron chi connectivity index (χ1n) is 8.10. The molecule has 0 bridgehead atoms. The molecule has 138 valence electrons. The number of nitrogens with zero attached hydrogens (tertiary/aromatic N) is 1. The van der Waals surface area contributed by atoms with Gasteiger partial charge >= 0.3 is 0 Å². The molecule has 3 aromatic rings. The Morgan fingerprint density at radius 3 is 2.19 bits per heavy atom. The smallest absolute Gasteiger partial charge is 0.252 e. The first-order valence-corrected chi connectivity index (χ1v) is 9.24. The van der Waals surface area contributed by atoms with E-state index in [2.05, 4.69) is 0 Å². The first-order chi connectivity index (χ1) is 12.8. The van der Waals surface area contributed by atoms with Crippen molar-refractivity contribution >= 4 is 40.7 Å². The quantitative estimate of drug-likeness (QED) is 0.608. The summed E-state index contributed by atoms with van der Waals surface area (Å²) < 4.78 is 1.61. The monoisotopic (exact) mass is 419 g/mol. The van der Waals surface area contributed by atoms with E-state index in [-0.39, 0.29) is 17.0 Å². The molecule has 2 aromatic carbocycles. The summed E-state index contributed by atoms with van der Waals surface area (Å²) in [6.07, 6.45) is 1.61. The number of aromatic nitrogens is 1. The van der Waals surface area contributed by atoms with E-state index < -0.39 is 5.91 Å². The second-order valence-electron chi connectivity index (χ2n) is 6.10. The molecule has 3 N–H and O–H groups in total. The van der Waals surface area contributed by atoms with Gasteiger partial charge in [-0.15, -0.1) is 0 Å². The average molecular weight is 421 g/mol. The molecule has 0 radical (unpaired) electrons. The van der Waals surface area contributed by atoms with Gasteiger partial charge in [-0.3, -0.25) is 10.2 Å². The van der Waals surface area contributed by atoms with E-state index in [4.69, 9.17) is 45.9 Å². The maximum absolute atomic E-state index is 11.6. The molecule has 7 heteroatoms. The zero-order valence-corrected chi connectivity index (χ0v) is 16.4. The van der Waals surface area contributed by atoms with Gasteiger partial charge in [0.1, 0.15) is 5.49 Å². The molecule has 1 atom stereocenters. The van der Waals surface area contributed by atoms with Crippen LogP contribution < -0.4 is 11.2 Å². The number of carbonyl (C=O) groups excluding carboxylic acids is 1. The van der Waals surface area contributed by atoms with Crippen molar-refractivity contribution in [1.82, 2.24) is 4.57 Å². The fraction of sp³-hybridized carbons (Fsp3) is 0.100. The van der Waals surface area contributed by atoms with E-state index >= 15 is 0 Å². The number of halogens is 3. The third kappa shape index (κ3) is 4.53.